The Balaban J connectivity index is 1.15. The van der Waals surface area contributed by atoms with Crippen LogP contribution in [0.4, 0.5) is 5.13 Å². The molecule has 1 unspecified atom stereocenters. The fraction of sp³-hybridized carbons (Fsp3) is 0.536. The molecule has 1 aromatic heterocycles. The van der Waals surface area contributed by atoms with E-state index in [4.69, 9.17) is 30.6 Å². The molecular weight excluding hydrogens is 640 g/mol. The molecular formula is C28H38N8O8S2. The number of ketones is 1. The van der Waals surface area contributed by atoms with Crippen LogP contribution in [-0.2, 0) is 42.1 Å². The van der Waals surface area contributed by atoms with Gasteiger partial charge < -0.3 is 31.3 Å². The number of piperidine rings is 1. The third-order valence-corrected chi connectivity index (χ3v) is 9.21. The third-order valence-electron chi connectivity index (χ3n) is 8.20. The molecule has 3 aliphatic rings. The molecule has 6 N–H and O–H groups in total. The number of benzene rings is 1. The van der Waals surface area contributed by atoms with Crippen LogP contribution in [0.15, 0.2) is 33.7 Å². The van der Waals surface area contributed by atoms with Gasteiger partial charge in [-0.25, -0.2) is 9.98 Å². The van der Waals surface area contributed by atoms with Crippen molar-refractivity contribution in [3.63, 3.8) is 0 Å². The summed E-state index contributed by atoms with van der Waals surface area (Å²) in [6.45, 7) is 6.52. The summed E-state index contributed by atoms with van der Waals surface area (Å²) in [6.07, 6.45) is 2.45. The highest BCUT2D eigenvalue weighted by Gasteiger charge is 2.57. The van der Waals surface area contributed by atoms with E-state index in [1.807, 2.05) is 18.2 Å². The average molecular weight is 679 g/mol. The maximum atomic E-state index is 13.2. The molecule has 250 valence electrons. The van der Waals surface area contributed by atoms with Crippen LogP contribution in [0.1, 0.15) is 49.9 Å². The first-order chi connectivity index (χ1) is 21.8. The smallest absolute Gasteiger partial charge is 0.418 e. The van der Waals surface area contributed by atoms with Crippen molar-refractivity contribution in [1.82, 2.24) is 20.3 Å². The molecule has 1 aromatic carbocycles. The number of nitrogens with one attached hydrogen (secondary N) is 1. The second-order valence-corrected chi connectivity index (χ2v) is 13.6. The lowest BCUT2D eigenvalue weighted by Crippen LogP contribution is -2.68. The standard InChI is InChI=1S/C28H38N8O8S2/c1-28(2)21(25(38)36(28)44-46(39,40)41)14-23(37)24(22-16-45-27(30)33-22)34-43-12-11-42-20-4-3-18-15-35(10-7-17(18)13-20)26(29)32-19-5-8-31-9-6-19/h3-4,13,16,19,21,31H,5-12,14-15H2,1-2H3,(H2,29,32)(H2,30,33)(H,39,40,41)/b34-24-. The van der Waals surface area contributed by atoms with E-state index in [1.54, 1.807) is 0 Å². The number of ether oxygens (including phenoxy) is 1. The van der Waals surface area contributed by atoms with Crippen LogP contribution in [0.25, 0.3) is 0 Å². The number of oxime groups is 1. The highest BCUT2D eigenvalue weighted by Crippen LogP contribution is 2.40. The largest absolute Gasteiger partial charge is 0.490 e. The Morgan fingerprint density at radius 2 is 2.00 bits per heavy atom. The van der Waals surface area contributed by atoms with E-state index in [9.17, 15) is 18.0 Å². The van der Waals surface area contributed by atoms with Crippen molar-refractivity contribution in [2.24, 2.45) is 21.8 Å². The molecule has 0 radical (unpaired) electrons. The highest BCUT2D eigenvalue weighted by molar-refractivity contribution is 7.80. The Morgan fingerprint density at radius 3 is 2.67 bits per heavy atom. The molecule has 18 heteroatoms. The Hall–Kier alpha value is -3.84. The number of nitrogens with two attached hydrogens (primary N) is 2. The summed E-state index contributed by atoms with van der Waals surface area (Å²) in [4.78, 5) is 42.2. The van der Waals surface area contributed by atoms with Crippen LogP contribution in [0.3, 0.4) is 0 Å². The first-order valence-corrected chi connectivity index (χ1v) is 17.1. The predicted octanol–water partition coefficient (Wildman–Crippen LogP) is 0.880. The number of carbonyl (C=O) groups excluding carboxylic acids is 2. The number of amides is 1. The van der Waals surface area contributed by atoms with Crippen LogP contribution >= 0.6 is 11.3 Å². The molecule has 3 aliphatic heterocycles. The first-order valence-electron chi connectivity index (χ1n) is 14.8. The number of aromatic nitrogens is 1. The number of hydroxylamine groups is 2. The van der Waals surface area contributed by atoms with E-state index in [0.717, 1.165) is 55.8 Å². The molecule has 0 spiro atoms. The van der Waals surface area contributed by atoms with Crippen molar-refractivity contribution in [3.8, 4) is 5.75 Å². The maximum absolute atomic E-state index is 13.2. The highest BCUT2D eigenvalue weighted by atomic mass is 32.3. The van der Waals surface area contributed by atoms with Gasteiger partial charge in [-0.15, -0.1) is 15.6 Å². The van der Waals surface area contributed by atoms with Crippen molar-refractivity contribution in [2.45, 2.75) is 57.7 Å². The Labute approximate surface area is 270 Å². The lowest BCUT2D eigenvalue weighted by atomic mass is 9.74. The van der Waals surface area contributed by atoms with Gasteiger partial charge in [-0.1, -0.05) is 11.2 Å². The zero-order chi connectivity index (χ0) is 33.1. The minimum absolute atomic E-state index is 0.00871. The first kappa shape index (κ1) is 33.5. The van der Waals surface area contributed by atoms with Gasteiger partial charge in [0, 0.05) is 24.9 Å². The van der Waals surface area contributed by atoms with Gasteiger partial charge in [0.25, 0.3) is 5.91 Å². The van der Waals surface area contributed by atoms with E-state index in [2.05, 4.69) is 24.6 Å². The quantitative estimate of drug-likeness (QED) is 0.0612. The maximum Gasteiger partial charge on any atom is 0.418 e. The number of β-lactam (4-membered cyclic amide) rings is 1. The molecule has 0 saturated carbocycles. The molecule has 1 amide bonds. The molecule has 46 heavy (non-hydrogen) atoms. The fourth-order valence-electron chi connectivity index (χ4n) is 5.61. The summed E-state index contributed by atoms with van der Waals surface area (Å²) in [7, 11) is -4.92. The molecule has 1 atom stereocenters. The second-order valence-electron chi connectivity index (χ2n) is 11.7. The SMILES string of the molecule is CC1(C)C(CC(=O)/C(=N\OCCOc2ccc3c(c2)CCN(C(N)=NC2CCNCC2)C3)c2csc(N)n2)C(=O)N1OS(=O)(=O)O. The van der Waals surface area contributed by atoms with Crippen LogP contribution in [0.2, 0.25) is 0 Å². The molecule has 5 rings (SSSR count). The van der Waals surface area contributed by atoms with Gasteiger partial charge in [0.05, 0.1) is 17.5 Å². The normalized spacial score (nSPS) is 20.7. The van der Waals surface area contributed by atoms with E-state index in [1.165, 1.54) is 24.8 Å². The summed E-state index contributed by atoms with van der Waals surface area (Å²) < 4.78 is 41.4. The number of hydrogen-bond donors (Lipinski definition) is 4. The lowest BCUT2D eigenvalue weighted by molar-refractivity contribution is -0.228. The molecule has 2 saturated heterocycles. The summed E-state index contributed by atoms with van der Waals surface area (Å²) in [5.74, 6) is -1.05. The predicted molar refractivity (Wildman–Crippen MR) is 169 cm³/mol. The zero-order valence-electron chi connectivity index (χ0n) is 25.5. The number of nitrogens with zero attached hydrogens (tertiary/aromatic N) is 5. The summed E-state index contributed by atoms with van der Waals surface area (Å²) >= 11 is 1.10. The molecule has 0 bridgehead atoms. The average Bonchev–Trinajstić information content (AvgIpc) is 3.45. The molecule has 2 aromatic rings. The number of aliphatic imine (C=N–C) groups is 1. The monoisotopic (exact) mass is 678 g/mol. The summed E-state index contributed by atoms with van der Waals surface area (Å²) in [5, 5.41) is 9.59. The van der Waals surface area contributed by atoms with E-state index < -0.39 is 33.5 Å². The van der Waals surface area contributed by atoms with E-state index in [-0.39, 0.29) is 42.2 Å². The molecule has 4 heterocycles. The van der Waals surface area contributed by atoms with E-state index >= 15 is 0 Å². The van der Waals surface area contributed by atoms with Gasteiger partial charge in [-0.05, 0) is 69.5 Å². The number of hydrogen-bond acceptors (Lipinski definition) is 13. The van der Waals surface area contributed by atoms with Crippen LogP contribution in [0.5, 0.6) is 5.75 Å². The summed E-state index contributed by atoms with van der Waals surface area (Å²) in [5.41, 5.74) is 13.3. The minimum Gasteiger partial charge on any atom is -0.490 e. The van der Waals surface area contributed by atoms with Crippen molar-refractivity contribution in [3.05, 3.63) is 40.4 Å². The zero-order valence-corrected chi connectivity index (χ0v) is 27.2. The fourth-order valence-corrected chi connectivity index (χ4v) is 6.61. The van der Waals surface area contributed by atoms with Crippen molar-refractivity contribution in [2.75, 3.05) is 38.6 Å². The number of rotatable bonds is 12. The van der Waals surface area contributed by atoms with Crippen LogP contribution in [0, 0.1) is 5.92 Å². The van der Waals surface area contributed by atoms with Gasteiger partial charge in [0.1, 0.15) is 18.1 Å². The number of nitrogen functional groups attached to an aromatic ring is 1. The third kappa shape index (κ3) is 7.92. The van der Waals surface area contributed by atoms with Gasteiger partial charge >= 0.3 is 10.4 Å². The second kappa shape index (κ2) is 13.9. The Kier molecular flexibility index (Phi) is 10.1. The van der Waals surface area contributed by atoms with Gasteiger partial charge in [0.15, 0.2) is 29.2 Å². The minimum atomic E-state index is -4.92. The topological polar surface area (TPSA) is 224 Å². The number of thiazole rings is 1. The molecule has 2 fully saturated rings. The summed E-state index contributed by atoms with van der Waals surface area (Å²) in [6, 6.07) is 6.16. The number of guanidine groups is 1. The number of Topliss-reactive ketones (excluding diaryl/α,β-unsaturated/α-hetero) is 1. The van der Waals surface area contributed by atoms with Gasteiger partial charge in [0.2, 0.25) is 0 Å². The van der Waals surface area contributed by atoms with Crippen molar-refractivity contribution in [1.29, 1.82) is 0 Å². The van der Waals surface area contributed by atoms with Crippen molar-refractivity contribution >= 4 is 50.2 Å². The van der Waals surface area contributed by atoms with E-state index in [0.29, 0.717) is 23.3 Å². The van der Waals surface area contributed by atoms with Gasteiger partial charge in [-0.3, -0.25) is 14.1 Å². The van der Waals surface area contributed by atoms with Crippen LogP contribution in [-0.4, -0.2) is 95.7 Å². The molecule has 0 aliphatic carbocycles. The Bertz CT molecular complexity index is 1620. The Morgan fingerprint density at radius 1 is 1.24 bits per heavy atom. The number of carbonyl (C=O) groups is 2. The van der Waals surface area contributed by atoms with Gasteiger partial charge in [-0.2, -0.15) is 13.5 Å². The van der Waals surface area contributed by atoms with Crippen LogP contribution < -0.4 is 21.5 Å². The van der Waals surface area contributed by atoms with Crippen molar-refractivity contribution < 1.29 is 36.4 Å². The number of anilines is 1. The number of fused-ring (bicyclic) bond motifs is 1. The lowest BCUT2D eigenvalue weighted by Gasteiger charge is -2.50. The molecule has 16 nitrogen and oxygen atoms in total.